The van der Waals surface area contributed by atoms with E-state index in [1.165, 1.54) is 0 Å². The molecule has 0 N–H and O–H groups in total. The zero-order valence-corrected chi connectivity index (χ0v) is 9.93. The van der Waals surface area contributed by atoms with Gasteiger partial charge >= 0.3 is 6.08 Å². The van der Waals surface area contributed by atoms with Gasteiger partial charge in [0.15, 0.2) is 5.58 Å². The Bertz CT molecular complexity index is 600. The van der Waals surface area contributed by atoms with E-state index in [1.807, 2.05) is 24.3 Å². The number of para-hydroxylation sites is 2. The van der Waals surface area contributed by atoms with Gasteiger partial charge in [0.1, 0.15) is 11.6 Å². The van der Waals surface area contributed by atoms with Crippen molar-refractivity contribution in [1.82, 2.24) is 4.98 Å². The van der Waals surface area contributed by atoms with Gasteiger partial charge in [0.25, 0.3) is 0 Å². The monoisotopic (exact) mass is 239 g/mol. The second-order valence-corrected chi connectivity index (χ2v) is 4.29. The highest BCUT2D eigenvalue weighted by Gasteiger charge is 2.20. The molecule has 1 aromatic carbocycles. The largest absolute Gasteiger partial charge is 0.441 e. The molecule has 18 heavy (non-hydrogen) atoms. The highest BCUT2D eigenvalue weighted by Crippen LogP contribution is 2.26. The molecular formula is C15H13NO2. The van der Waals surface area contributed by atoms with Gasteiger partial charge in [-0.3, -0.25) is 0 Å². The minimum atomic E-state index is -0.100. The number of oxazole rings is 1. The van der Waals surface area contributed by atoms with Crippen LogP contribution in [0.25, 0.3) is 11.1 Å². The molecule has 0 fully saturated rings. The van der Waals surface area contributed by atoms with Gasteiger partial charge in [0.2, 0.25) is 0 Å². The maximum absolute atomic E-state index is 5.76. The molecule has 1 aliphatic carbocycles. The number of nitrogens with zero attached hydrogens (tertiary/aromatic N) is 1. The van der Waals surface area contributed by atoms with E-state index < -0.39 is 0 Å². The summed E-state index contributed by atoms with van der Waals surface area (Å²) < 4.78 is 11.3. The Kier molecular flexibility index (Phi) is 2.77. The molecule has 0 spiro atoms. The average Bonchev–Trinajstić information content (AvgIpc) is 2.81. The fraction of sp³-hybridized carbons (Fsp3) is 0.267. The predicted octanol–water partition coefficient (Wildman–Crippen LogP) is 3.32. The number of ether oxygens (including phenoxy) is 1. The Morgan fingerprint density at radius 3 is 3.11 bits per heavy atom. The molecule has 2 aromatic rings. The van der Waals surface area contributed by atoms with Gasteiger partial charge < -0.3 is 9.15 Å². The van der Waals surface area contributed by atoms with Crippen LogP contribution in [0.3, 0.4) is 0 Å². The van der Waals surface area contributed by atoms with Crippen LogP contribution in [0.1, 0.15) is 19.3 Å². The summed E-state index contributed by atoms with van der Waals surface area (Å²) in [6.45, 7) is 0. The molecule has 90 valence electrons. The molecule has 1 aliphatic rings. The van der Waals surface area contributed by atoms with Crippen molar-refractivity contribution in [1.29, 1.82) is 0 Å². The molecule has 0 aliphatic heterocycles. The first-order valence-electron chi connectivity index (χ1n) is 6.06. The number of hydrogen-bond acceptors (Lipinski definition) is 3. The lowest BCUT2D eigenvalue weighted by molar-refractivity contribution is 0.167. The van der Waals surface area contributed by atoms with Crippen LogP contribution in [0.15, 0.2) is 40.3 Å². The van der Waals surface area contributed by atoms with Crippen LogP contribution in [0.4, 0.5) is 0 Å². The number of allylic oxidation sites excluding steroid dienone is 1. The van der Waals surface area contributed by atoms with E-state index in [2.05, 4.69) is 17.0 Å². The second-order valence-electron chi connectivity index (χ2n) is 4.29. The molecule has 3 rings (SSSR count). The van der Waals surface area contributed by atoms with E-state index in [4.69, 9.17) is 15.6 Å². The standard InChI is InChI=1S/C15H13NO2/c1-2-11-7-3-5-9-13(11)17-15-16-12-8-4-6-10-14(12)18-15/h1,4,6-8,10,13H,3,5,9H2. The summed E-state index contributed by atoms with van der Waals surface area (Å²) in [5.74, 6) is 2.67. The Balaban J connectivity index is 1.86. The summed E-state index contributed by atoms with van der Waals surface area (Å²) in [5.41, 5.74) is 2.42. The third-order valence-electron chi connectivity index (χ3n) is 3.07. The smallest absolute Gasteiger partial charge is 0.395 e. The number of aromatic nitrogens is 1. The Morgan fingerprint density at radius 2 is 2.28 bits per heavy atom. The van der Waals surface area contributed by atoms with Crippen molar-refractivity contribution in [3.63, 3.8) is 0 Å². The SMILES string of the molecule is C#CC1=CCCCC1Oc1nc2ccccc2o1. The average molecular weight is 239 g/mol. The fourth-order valence-corrected chi connectivity index (χ4v) is 2.15. The van der Waals surface area contributed by atoms with E-state index in [0.29, 0.717) is 6.08 Å². The third-order valence-corrected chi connectivity index (χ3v) is 3.07. The molecular weight excluding hydrogens is 226 g/mol. The summed E-state index contributed by atoms with van der Waals surface area (Å²) >= 11 is 0. The van der Waals surface area contributed by atoms with E-state index >= 15 is 0 Å². The molecule has 0 radical (unpaired) electrons. The van der Waals surface area contributed by atoms with Gasteiger partial charge in [-0.25, -0.2) is 0 Å². The van der Waals surface area contributed by atoms with E-state index in [1.54, 1.807) is 0 Å². The number of terminal acetylenes is 1. The van der Waals surface area contributed by atoms with Crippen LogP contribution in [-0.4, -0.2) is 11.1 Å². The summed E-state index contributed by atoms with van der Waals surface area (Å²) in [4.78, 5) is 4.29. The van der Waals surface area contributed by atoms with Crippen molar-refractivity contribution in [2.24, 2.45) is 0 Å². The predicted molar refractivity (Wildman–Crippen MR) is 69.2 cm³/mol. The molecule has 0 bridgehead atoms. The van der Waals surface area contributed by atoms with E-state index in [9.17, 15) is 0 Å². The van der Waals surface area contributed by atoms with E-state index in [-0.39, 0.29) is 6.10 Å². The van der Waals surface area contributed by atoms with Crippen LogP contribution < -0.4 is 4.74 Å². The number of hydrogen-bond donors (Lipinski definition) is 0. The highest BCUT2D eigenvalue weighted by molar-refractivity contribution is 5.72. The minimum Gasteiger partial charge on any atom is -0.441 e. The van der Waals surface area contributed by atoms with Crippen molar-refractivity contribution < 1.29 is 9.15 Å². The van der Waals surface area contributed by atoms with Crippen molar-refractivity contribution in [2.45, 2.75) is 25.4 Å². The first kappa shape index (κ1) is 10.9. The topological polar surface area (TPSA) is 35.3 Å². The lowest BCUT2D eigenvalue weighted by Gasteiger charge is -2.19. The quantitative estimate of drug-likeness (QED) is 0.754. The normalized spacial score (nSPS) is 19.3. The third kappa shape index (κ3) is 1.98. The molecule has 0 amide bonds. The maximum atomic E-state index is 5.76. The van der Waals surface area contributed by atoms with Gasteiger partial charge in [0.05, 0.1) is 0 Å². The van der Waals surface area contributed by atoms with Crippen LogP contribution in [0, 0.1) is 12.3 Å². The Morgan fingerprint density at radius 1 is 1.39 bits per heavy atom. The molecule has 1 aromatic heterocycles. The van der Waals surface area contributed by atoms with Gasteiger partial charge in [-0.1, -0.05) is 24.1 Å². The molecule has 1 atom stereocenters. The fourth-order valence-electron chi connectivity index (χ4n) is 2.15. The zero-order valence-electron chi connectivity index (χ0n) is 9.93. The number of fused-ring (bicyclic) bond motifs is 1. The van der Waals surface area contributed by atoms with Gasteiger partial charge in [-0.2, -0.15) is 4.98 Å². The maximum Gasteiger partial charge on any atom is 0.395 e. The van der Waals surface area contributed by atoms with Crippen LogP contribution in [0.5, 0.6) is 6.08 Å². The van der Waals surface area contributed by atoms with Gasteiger partial charge in [0, 0.05) is 5.57 Å². The molecule has 3 heteroatoms. The number of benzene rings is 1. The molecule has 0 saturated carbocycles. The summed E-state index contributed by atoms with van der Waals surface area (Å²) in [6, 6.07) is 7.59. The molecule has 0 saturated heterocycles. The molecule has 1 unspecified atom stereocenters. The summed E-state index contributed by atoms with van der Waals surface area (Å²) in [6.07, 6.45) is 10.7. The lowest BCUT2D eigenvalue weighted by Crippen LogP contribution is -2.21. The van der Waals surface area contributed by atoms with Crippen molar-refractivity contribution in [2.75, 3.05) is 0 Å². The first-order chi connectivity index (χ1) is 8.86. The van der Waals surface area contributed by atoms with Crippen molar-refractivity contribution in [3.05, 3.63) is 35.9 Å². The minimum absolute atomic E-state index is 0.100. The Labute approximate surface area is 105 Å². The van der Waals surface area contributed by atoms with Crippen molar-refractivity contribution >= 4 is 11.1 Å². The zero-order chi connectivity index (χ0) is 12.4. The van der Waals surface area contributed by atoms with Crippen LogP contribution in [0.2, 0.25) is 0 Å². The van der Waals surface area contributed by atoms with E-state index in [0.717, 1.165) is 35.9 Å². The molecule has 1 heterocycles. The van der Waals surface area contributed by atoms with Gasteiger partial charge in [-0.15, -0.1) is 6.42 Å². The molecule has 3 nitrogen and oxygen atoms in total. The van der Waals surface area contributed by atoms with Crippen LogP contribution >= 0.6 is 0 Å². The number of rotatable bonds is 2. The lowest BCUT2D eigenvalue weighted by atomic mass is 9.97. The Hall–Kier alpha value is -2.21. The summed E-state index contributed by atoms with van der Waals surface area (Å²) in [7, 11) is 0. The highest BCUT2D eigenvalue weighted by atomic mass is 16.6. The van der Waals surface area contributed by atoms with Crippen LogP contribution in [-0.2, 0) is 0 Å². The van der Waals surface area contributed by atoms with Crippen molar-refractivity contribution in [3.8, 4) is 18.4 Å². The summed E-state index contributed by atoms with van der Waals surface area (Å²) in [5, 5.41) is 0. The van der Waals surface area contributed by atoms with Gasteiger partial charge in [-0.05, 0) is 31.4 Å². The second kappa shape index (κ2) is 4.58. The first-order valence-corrected chi connectivity index (χ1v) is 6.06.